The highest BCUT2D eigenvalue weighted by Gasteiger charge is 2.11. The number of anilines is 1. The molecule has 3 aromatic carbocycles. The standard InChI is InChI=1S/C23H21BrClN3O3/c1-30-21-12-17(11-20(24)23(21)31-15-16-5-3-2-4-6-16)13-27-28-22(29)14-26-19-9-7-18(25)8-10-19/h2-13,26H,14-15H2,1H3,(H,28,29)/b27-13-. The molecule has 0 fully saturated rings. The van der Waals surface area contributed by atoms with Gasteiger partial charge in [-0.25, -0.2) is 5.43 Å². The van der Waals surface area contributed by atoms with Crippen LogP contribution in [0.2, 0.25) is 5.02 Å². The average Bonchev–Trinajstić information content (AvgIpc) is 2.78. The Hall–Kier alpha value is -3.03. The van der Waals surface area contributed by atoms with E-state index in [2.05, 4.69) is 31.8 Å². The lowest BCUT2D eigenvalue weighted by molar-refractivity contribution is -0.119. The summed E-state index contributed by atoms with van der Waals surface area (Å²) >= 11 is 9.36. The van der Waals surface area contributed by atoms with E-state index in [1.165, 1.54) is 6.21 Å². The summed E-state index contributed by atoms with van der Waals surface area (Å²) in [5.41, 5.74) is 5.07. The first-order valence-electron chi connectivity index (χ1n) is 9.41. The summed E-state index contributed by atoms with van der Waals surface area (Å²) in [5.74, 6) is 0.877. The first-order valence-corrected chi connectivity index (χ1v) is 10.6. The Morgan fingerprint density at radius 3 is 2.58 bits per heavy atom. The summed E-state index contributed by atoms with van der Waals surface area (Å²) < 4.78 is 12.1. The van der Waals surface area contributed by atoms with Gasteiger partial charge in [0.1, 0.15) is 6.61 Å². The van der Waals surface area contributed by atoms with E-state index in [4.69, 9.17) is 21.1 Å². The maximum atomic E-state index is 12.0. The lowest BCUT2D eigenvalue weighted by atomic mass is 10.2. The molecule has 0 aromatic heterocycles. The number of amides is 1. The van der Waals surface area contributed by atoms with Crippen LogP contribution in [0.3, 0.4) is 0 Å². The van der Waals surface area contributed by atoms with Gasteiger partial charge < -0.3 is 14.8 Å². The molecular formula is C23H21BrClN3O3. The second-order valence-electron chi connectivity index (χ2n) is 6.46. The normalized spacial score (nSPS) is 10.7. The molecule has 0 atom stereocenters. The Kier molecular flexibility index (Phi) is 8.32. The van der Waals surface area contributed by atoms with E-state index in [1.54, 1.807) is 37.4 Å². The van der Waals surface area contributed by atoms with Gasteiger partial charge >= 0.3 is 0 Å². The van der Waals surface area contributed by atoms with Gasteiger partial charge in [-0.05, 0) is 63.5 Å². The summed E-state index contributed by atoms with van der Waals surface area (Å²) in [5, 5.41) is 7.64. The van der Waals surface area contributed by atoms with Crippen LogP contribution in [0, 0.1) is 0 Å². The first kappa shape index (κ1) is 22.7. The SMILES string of the molecule is COc1cc(/C=N\NC(=O)CNc2ccc(Cl)cc2)cc(Br)c1OCc1ccccc1. The van der Waals surface area contributed by atoms with E-state index in [-0.39, 0.29) is 12.5 Å². The van der Waals surface area contributed by atoms with Crippen molar-refractivity contribution in [1.82, 2.24) is 5.43 Å². The smallest absolute Gasteiger partial charge is 0.259 e. The van der Waals surface area contributed by atoms with E-state index in [1.807, 2.05) is 36.4 Å². The maximum Gasteiger partial charge on any atom is 0.259 e. The zero-order valence-corrected chi connectivity index (χ0v) is 19.1. The summed E-state index contributed by atoms with van der Waals surface area (Å²) in [6, 6.07) is 20.6. The highest BCUT2D eigenvalue weighted by Crippen LogP contribution is 2.36. The minimum absolute atomic E-state index is 0.0816. The largest absolute Gasteiger partial charge is 0.493 e. The fourth-order valence-corrected chi connectivity index (χ4v) is 3.35. The monoisotopic (exact) mass is 501 g/mol. The van der Waals surface area contributed by atoms with Crippen LogP contribution in [0.5, 0.6) is 11.5 Å². The predicted molar refractivity (Wildman–Crippen MR) is 127 cm³/mol. The number of hydrogen-bond donors (Lipinski definition) is 2. The van der Waals surface area contributed by atoms with Crippen molar-refractivity contribution in [3.8, 4) is 11.5 Å². The van der Waals surface area contributed by atoms with Crippen LogP contribution >= 0.6 is 27.5 Å². The van der Waals surface area contributed by atoms with Crippen molar-refractivity contribution >= 4 is 45.3 Å². The third-order valence-corrected chi connectivity index (χ3v) is 5.02. The Labute approximate surface area is 194 Å². The van der Waals surface area contributed by atoms with Gasteiger partial charge in [-0.1, -0.05) is 41.9 Å². The van der Waals surface area contributed by atoms with E-state index in [0.29, 0.717) is 23.1 Å². The molecular weight excluding hydrogens is 482 g/mol. The minimum atomic E-state index is -0.278. The van der Waals surface area contributed by atoms with Gasteiger partial charge in [0.15, 0.2) is 11.5 Å². The number of rotatable bonds is 9. The molecule has 0 aliphatic heterocycles. The van der Waals surface area contributed by atoms with Gasteiger partial charge in [-0.2, -0.15) is 5.10 Å². The molecule has 31 heavy (non-hydrogen) atoms. The molecule has 3 rings (SSSR count). The highest BCUT2D eigenvalue weighted by molar-refractivity contribution is 9.10. The maximum absolute atomic E-state index is 12.0. The zero-order chi connectivity index (χ0) is 22.1. The number of carbonyl (C=O) groups excluding carboxylic acids is 1. The van der Waals surface area contributed by atoms with Gasteiger partial charge in [0.2, 0.25) is 0 Å². The van der Waals surface area contributed by atoms with Gasteiger partial charge in [0.25, 0.3) is 5.91 Å². The molecule has 2 N–H and O–H groups in total. The molecule has 0 unspecified atom stereocenters. The molecule has 0 heterocycles. The van der Waals surface area contributed by atoms with Crippen molar-refractivity contribution in [2.45, 2.75) is 6.61 Å². The van der Waals surface area contributed by atoms with Crippen molar-refractivity contribution in [2.24, 2.45) is 5.10 Å². The summed E-state index contributed by atoms with van der Waals surface area (Å²) in [6.07, 6.45) is 1.54. The molecule has 8 heteroatoms. The molecule has 0 bridgehead atoms. The second-order valence-corrected chi connectivity index (χ2v) is 7.75. The zero-order valence-electron chi connectivity index (χ0n) is 16.8. The molecule has 0 spiro atoms. The Morgan fingerprint density at radius 2 is 1.87 bits per heavy atom. The number of halogens is 2. The van der Waals surface area contributed by atoms with Gasteiger partial charge in [0, 0.05) is 10.7 Å². The third-order valence-electron chi connectivity index (χ3n) is 4.18. The van der Waals surface area contributed by atoms with Crippen LogP contribution < -0.4 is 20.2 Å². The fourth-order valence-electron chi connectivity index (χ4n) is 2.65. The minimum Gasteiger partial charge on any atom is -0.493 e. The molecule has 0 saturated heterocycles. The second kappa shape index (κ2) is 11.4. The molecule has 0 radical (unpaired) electrons. The van der Waals surface area contributed by atoms with Gasteiger partial charge in [0.05, 0.1) is 24.3 Å². The van der Waals surface area contributed by atoms with Crippen molar-refractivity contribution in [3.05, 3.63) is 87.4 Å². The molecule has 3 aromatic rings. The summed E-state index contributed by atoms with van der Waals surface area (Å²) in [7, 11) is 1.57. The van der Waals surface area contributed by atoms with Gasteiger partial charge in [-0.15, -0.1) is 0 Å². The van der Waals surface area contributed by atoms with Crippen molar-refractivity contribution in [2.75, 3.05) is 19.0 Å². The lowest BCUT2D eigenvalue weighted by Crippen LogP contribution is -2.25. The van der Waals surface area contributed by atoms with Crippen molar-refractivity contribution in [3.63, 3.8) is 0 Å². The Bertz CT molecular complexity index is 1040. The van der Waals surface area contributed by atoms with E-state index in [0.717, 1.165) is 21.3 Å². The number of nitrogens with one attached hydrogen (secondary N) is 2. The molecule has 0 aliphatic rings. The van der Waals surface area contributed by atoms with Crippen LogP contribution in [-0.4, -0.2) is 25.8 Å². The van der Waals surface area contributed by atoms with Crippen LogP contribution in [0.25, 0.3) is 0 Å². The average molecular weight is 503 g/mol. The van der Waals surface area contributed by atoms with Crippen LogP contribution in [0.4, 0.5) is 5.69 Å². The fraction of sp³-hybridized carbons (Fsp3) is 0.130. The molecule has 0 saturated carbocycles. The van der Waals surface area contributed by atoms with E-state index in [9.17, 15) is 4.79 Å². The number of ether oxygens (including phenoxy) is 2. The summed E-state index contributed by atoms with van der Waals surface area (Å²) in [6.45, 7) is 0.498. The third kappa shape index (κ3) is 7.01. The number of methoxy groups -OCH3 is 1. The predicted octanol–water partition coefficient (Wildman–Crippen LogP) is 5.25. The summed E-state index contributed by atoms with van der Waals surface area (Å²) in [4.78, 5) is 12.0. The van der Waals surface area contributed by atoms with E-state index >= 15 is 0 Å². The number of nitrogens with zero attached hydrogens (tertiary/aromatic N) is 1. The Balaban J connectivity index is 1.56. The van der Waals surface area contributed by atoms with Crippen LogP contribution in [0.15, 0.2) is 76.3 Å². The molecule has 0 aliphatic carbocycles. The quantitative estimate of drug-likeness (QED) is 0.310. The van der Waals surface area contributed by atoms with Crippen LogP contribution in [0.1, 0.15) is 11.1 Å². The van der Waals surface area contributed by atoms with Crippen molar-refractivity contribution < 1.29 is 14.3 Å². The van der Waals surface area contributed by atoms with Crippen LogP contribution in [-0.2, 0) is 11.4 Å². The topological polar surface area (TPSA) is 72.0 Å². The Morgan fingerprint density at radius 1 is 1.13 bits per heavy atom. The first-order chi connectivity index (χ1) is 15.0. The number of hydrogen-bond acceptors (Lipinski definition) is 5. The lowest BCUT2D eigenvalue weighted by Gasteiger charge is -2.13. The van der Waals surface area contributed by atoms with Crippen molar-refractivity contribution in [1.29, 1.82) is 0 Å². The molecule has 1 amide bonds. The molecule has 160 valence electrons. The molecule has 6 nitrogen and oxygen atoms in total. The number of hydrazone groups is 1. The number of benzene rings is 3. The van der Waals surface area contributed by atoms with Gasteiger partial charge in [-0.3, -0.25) is 4.79 Å². The highest BCUT2D eigenvalue weighted by atomic mass is 79.9. The van der Waals surface area contributed by atoms with E-state index < -0.39 is 0 Å². The number of carbonyl (C=O) groups is 1.